The Hall–Kier alpha value is -0.120. The fourth-order valence-corrected chi connectivity index (χ4v) is 2.83. The third-order valence-electron chi connectivity index (χ3n) is 4.41. The standard InChI is InChI=1S/C13H29N3/c1-5-13(6-2,11-14)16-9-7-15(8-10-16)12(3)4/h12H,5-11,14H2,1-4H3. The summed E-state index contributed by atoms with van der Waals surface area (Å²) in [5.74, 6) is 0. The Morgan fingerprint density at radius 3 is 1.88 bits per heavy atom. The molecule has 3 nitrogen and oxygen atoms in total. The van der Waals surface area contributed by atoms with Gasteiger partial charge in [-0.2, -0.15) is 0 Å². The van der Waals surface area contributed by atoms with E-state index in [1.54, 1.807) is 0 Å². The maximum Gasteiger partial charge on any atom is 0.0327 e. The predicted molar refractivity (Wildman–Crippen MR) is 70.6 cm³/mol. The largest absolute Gasteiger partial charge is 0.329 e. The van der Waals surface area contributed by atoms with Crippen LogP contribution < -0.4 is 5.73 Å². The molecule has 0 bridgehead atoms. The summed E-state index contributed by atoms with van der Waals surface area (Å²) in [6.45, 7) is 14.6. The summed E-state index contributed by atoms with van der Waals surface area (Å²) in [6, 6.07) is 0.678. The van der Waals surface area contributed by atoms with Gasteiger partial charge in [-0.3, -0.25) is 9.80 Å². The Labute approximate surface area is 101 Å². The first-order valence-corrected chi connectivity index (χ1v) is 6.78. The van der Waals surface area contributed by atoms with Crippen LogP contribution in [0.25, 0.3) is 0 Å². The zero-order valence-electron chi connectivity index (χ0n) is 11.5. The first kappa shape index (κ1) is 13.9. The lowest BCUT2D eigenvalue weighted by Crippen LogP contribution is -2.60. The van der Waals surface area contributed by atoms with Crippen LogP contribution in [0, 0.1) is 0 Å². The molecule has 2 N–H and O–H groups in total. The molecular weight excluding hydrogens is 198 g/mol. The Kier molecular flexibility index (Phi) is 5.22. The van der Waals surface area contributed by atoms with Gasteiger partial charge in [0.2, 0.25) is 0 Å². The van der Waals surface area contributed by atoms with Crippen molar-refractivity contribution in [2.24, 2.45) is 5.73 Å². The maximum atomic E-state index is 6.00. The summed E-state index contributed by atoms with van der Waals surface area (Å²) >= 11 is 0. The van der Waals surface area contributed by atoms with Crippen LogP contribution in [0.2, 0.25) is 0 Å². The Morgan fingerprint density at radius 2 is 1.56 bits per heavy atom. The minimum atomic E-state index is 0.253. The van der Waals surface area contributed by atoms with Crippen molar-refractivity contribution in [3.8, 4) is 0 Å². The van der Waals surface area contributed by atoms with E-state index in [0.717, 1.165) is 6.54 Å². The number of nitrogens with two attached hydrogens (primary N) is 1. The highest BCUT2D eigenvalue weighted by Crippen LogP contribution is 2.24. The van der Waals surface area contributed by atoms with Gasteiger partial charge in [0.1, 0.15) is 0 Å². The third kappa shape index (κ3) is 2.76. The average molecular weight is 227 g/mol. The fraction of sp³-hybridized carbons (Fsp3) is 1.00. The highest BCUT2D eigenvalue weighted by molar-refractivity contribution is 4.92. The molecule has 0 aliphatic carbocycles. The molecule has 0 atom stereocenters. The number of nitrogens with zero attached hydrogens (tertiary/aromatic N) is 2. The van der Waals surface area contributed by atoms with Crippen molar-refractivity contribution in [2.75, 3.05) is 32.7 Å². The number of piperazine rings is 1. The quantitative estimate of drug-likeness (QED) is 0.773. The van der Waals surface area contributed by atoms with Crippen molar-refractivity contribution < 1.29 is 0 Å². The number of hydrogen-bond donors (Lipinski definition) is 1. The Morgan fingerprint density at radius 1 is 1.06 bits per heavy atom. The van der Waals surface area contributed by atoms with Crippen molar-refractivity contribution in [3.63, 3.8) is 0 Å². The van der Waals surface area contributed by atoms with Crippen LogP contribution >= 0.6 is 0 Å². The van der Waals surface area contributed by atoms with E-state index < -0.39 is 0 Å². The zero-order chi connectivity index (χ0) is 12.2. The Balaban J connectivity index is 2.57. The second-order valence-corrected chi connectivity index (χ2v) is 5.25. The van der Waals surface area contributed by atoms with E-state index >= 15 is 0 Å². The molecule has 1 aliphatic rings. The monoisotopic (exact) mass is 227 g/mol. The lowest BCUT2D eigenvalue weighted by atomic mass is 9.90. The molecule has 1 aliphatic heterocycles. The molecular formula is C13H29N3. The molecule has 1 saturated heterocycles. The lowest BCUT2D eigenvalue weighted by Gasteiger charge is -2.47. The highest BCUT2D eigenvalue weighted by atomic mass is 15.3. The maximum absolute atomic E-state index is 6.00. The first-order valence-electron chi connectivity index (χ1n) is 6.78. The molecule has 0 unspecified atom stereocenters. The molecule has 16 heavy (non-hydrogen) atoms. The lowest BCUT2D eigenvalue weighted by molar-refractivity contribution is 0.0212. The number of rotatable bonds is 5. The van der Waals surface area contributed by atoms with Crippen molar-refractivity contribution >= 4 is 0 Å². The van der Waals surface area contributed by atoms with Crippen LogP contribution in [0.5, 0.6) is 0 Å². The second-order valence-electron chi connectivity index (χ2n) is 5.25. The van der Waals surface area contributed by atoms with Gasteiger partial charge in [0.05, 0.1) is 0 Å². The molecule has 0 spiro atoms. The summed E-state index contributed by atoms with van der Waals surface area (Å²) in [5.41, 5.74) is 6.25. The van der Waals surface area contributed by atoms with E-state index in [2.05, 4.69) is 37.5 Å². The SMILES string of the molecule is CCC(CC)(CN)N1CCN(C(C)C)CC1. The van der Waals surface area contributed by atoms with Crippen molar-refractivity contribution in [1.82, 2.24) is 9.80 Å². The molecule has 0 radical (unpaired) electrons. The molecule has 1 heterocycles. The Bertz CT molecular complexity index is 183. The van der Waals surface area contributed by atoms with Gasteiger partial charge >= 0.3 is 0 Å². The topological polar surface area (TPSA) is 32.5 Å². The average Bonchev–Trinajstić information content (AvgIpc) is 2.33. The van der Waals surface area contributed by atoms with E-state index in [1.807, 2.05) is 0 Å². The predicted octanol–water partition coefficient (Wildman–Crippen LogP) is 1.53. The van der Waals surface area contributed by atoms with Gasteiger partial charge in [-0.1, -0.05) is 13.8 Å². The van der Waals surface area contributed by atoms with Gasteiger partial charge in [-0.05, 0) is 26.7 Å². The highest BCUT2D eigenvalue weighted by Gasteiger charge is 2.34. The van der Waals surface area contributed by atoms with Gasteiger partial charge < -0.3 is 5.73 Å². The van der Waals surface area contributed by atoms with Gasteiger partial charge in [0, 0.05) is 44.3 Å². The molecule has 0 aromatic heterocycles. The molecule has 1 rings (SSSR count). The summed E-state index contributed by atoms with van der Waals surface area (Å²) in [5, 5.41) is 0. The van der Waals surface area contributed by atoms with Crippen molar-refractivity contribution in [2.45, 2.75) is 52.1 Å². The number of hydrogen-bond acceptors (Lipinski definition) is 3. The molecule has 0 amide bonds. The summed E-state index contributed by atoms with van der Waals surface area (Å²) in [6.07, 6.45) is 2.34. The second kappa shape index (κ2) is 5.99. The molecule has 0 saturated carbocycles. The summed E-state index contributed by atoms with van der Waals surface area (Å²) < 4.78 is 0. The molecule has 1 fully saturated rings. The van der Waals surface area contributed by atoms with Gasteiger partial charge in [0.25, 0.3) is 0 Å². The third-order valence-corrected chi connectivity index (χ3v) is 4.41. The fourth-order valence-electron chi connectivity index (χ4n) is 2.83. The van der Waals surface area contributed by atoms with Crippen molar-refractivity contribution in [1.29, 1.82) is 0 Å². The van der Waals surface area contributed by atoms with Crippen LogP contribution in [-0.4, -0.2) is 54.1 Å². The minimum absolute atomic E-state index is 0.253. The first-order chi connectivity index (χ1) is 7.59. The van der Waals surface area contributed by atoms with Crippen LogP contribution in [0.3, 0.4) is 0 Å². The van der Waals surface area contributed by atoms with Gasteiger partial charge in [-0.15, -0.1) is 0 Å². The van der Waals surface area contributed by atoms with E-state index in [1.165, 1.54) is 39.0 Å². The summed E-state index contributed by atoms with van der Waals surface area (Å²) in [4.78, 5) is 5.18. The van der Waals surface area contributed by atoms with E-state index in [-0.39, 0.29) is 5.54 Å². The van der Waals surface area contributed by atoms with E-state index in [4.69, 9.17) is 5.73 Å². The zero-order valence-corrected chi connectivity index (χ0v) is 11.5. The van der Waals surface area contributed by atoms with Crippen molar-refractivity contribution in [3.05, 3.63) is 0 Å². The molecule has 3 heteroatoms. The van der Waals surface area contributed by atoms with Crippen LogP contribution in [0.15, 0.2) is 0 Å². The smallest absolute Gasteiger partial charge is 0.0327 e. The minimum Gasteiger partial charge on any atom is -0.329 e. The van der Waals surface area contributed by atoms with Crippen LogP contribution in [-0.2, 0) is 0 Å². The van der Waals surface area contributed by atoms with Crippen LogP contribution in [0.1, 0.15) is 40.5 Å². The van der Waals surface area contributed by atoms with E-state index in [0.29, 0.717) is 6.04 Å². The summed E-state index contributed by atoms with van der Waals surface area (Å²) in [7, 11) is 0. The van der Waals surface area contributed by atoms with Crippen LogP contribution in [0.4, 0.5) is 0 Å². The molecule has 0 aromatic rings. The van der Waals surface area contributed by atoms with Gasteiger partial charge in [0.15, 0.2) is 0 Å². The van der Waals surface area contributed by atoms with Gasteiger partial charge in [-0.25, -0.2) is 0 Å². The molecule has 0 aromatic carbocycles. The van der Waals surface area contributed by atoms with E-state index in [9.17, 15) is 0 Å². The normalized spacial score (nSPS) is 20.6. The molecule has 96 valence electrons.